The molecule has 2 fully saturated rings. The number of hydrogen-bond acceptors (Lipinski definition) is 2. The van der Waals surface area contributed by atoms with Gasteiger partial charge in [0, 0.05) is 5.56 Å². The summed E-state index contributed by atoms with van der Waals surface area (Å²) in [4.78, 5) is 25.5. The fourth-order valence-corrected chi connectivity index (χ4v) is 2.51. The molecular weight excluding hydrogens is 247 g/mol. The Morgan fingerprint density at radius 2 is 2.05 bits per heavy atom. The Balaban J connectivity index is 1.96. The molecule has 2 amide bonds. The van der Waals surface area contributed by atoms with Crippen molar-refractivity contribution < 1.29 is 14.0 Å². The van der Waals surface area contributed by atoms with E-state index in [0.717, 1.165) is 12.8 Å². The van der Waals surface area contributed by atoms with Crippen LogP contribution < -0.4 is 10.2 Å². The third-order valence-electron chi connectivity index (χ3n) is 3.77. The first-order valence-electron chi connectivity index (χ1n) is 6.44. The highest BCUT2D eigenvalue weighted by atomic mass is 19.1. The number of carbonyl (C=O) groups is 2. The molecule has 1 N–H and O–H groups in total. The molecule has 5 heteroatoms. The normalized spacial score (nSPS) is 23.5. The van der Waals surface area contributed by atoms with E-state index in [1.807, 2.05) is 0 Å². The highest BCUT2D eigenvalue weighted by Crippen LogP contribution is 2.35. The van der Waals surface area contributed by atoms with Crippen LogP contribution in [-0.2, 0) is 9.59 Å². The van der Waals surface area contributed by atoms with Gasteiger partial charge in [0.2, 0.25) is 11.8 Å². The van der Waals surface area contributed by atoms with E-state index in [1.54, 1.807) is 19.1 Å². The smallest absolute Gasteiger partial charge is 0.250 e. The summed E-state index contributed by atoms with van der Waals surface area (Å²) in [5.74, 6) is -0.427. The minimum absolute atomic E-state index is 0.0354. The topological polar surface area (TPSA) is 49.4 Å². The van der Waals surface area contributed by atoms with Gasteiger partial charge >= 0.3 is 0 Å². The molecule has 1 aliphatic carbocycles. The molecule has 0 spiro atoms. The zero-order chi connectivity index (χ0) is 13.6. The molecule has 0 radical (unpaired) electrons. The van der Waals surface area contributed by atoms with E-state index < -0.39 is 6.04 Å². The molecule has 0 bridgehead atoms. The molecule has 1 saturated heterocycles. The maximum Gasteiger partial charge on any atom is 0.250 e. The van der Waals surface area contributed by atoms with Gasteiger partial charge in [0.25, 0.3) is 0 Å². The van der Waals surface area contributed by atoms with Crippen LogP contribution in [0.2, 0.25) is 0 Å². The van der Waals surface area contributed by atoms with Gasteiger partial charge in [0.05, 0.1) is 5.69 Å². The fraction of sp³-hybridized carbons (Fsp3) is 0.429. The molecule has 3 rings (SSSR count). The molecule has 1 saturated carbocycles. The van der Waals surface area contributed by atoms with E-state index in [9.17, 15) is 14.0 Å². The zero-order valence-electron chi connectivity index (χ0n) is 10.6. The minimum atomic E-state index is -0.441. The predicted octanol–water partition coefficient (Wildman–Crippen LogP) is 1.38. The first-order chi connectivity index (χ1) is 9.08. The summed E-state index contributed by atoms with van der Waals surface area (Å²) < 4.78 is 13.6. The Bertz CT molecular complexity index is 554. The molecule has 1 unspecified atom stereocenters. The summed E-state index contributed by atoms with van der Waals surface area (Å²) in [6.45, 7) is 1.59. The minimum Gasteiger partial charge on any atom is -0.342 e. The van der Waals surface area contributed by atoms with Crippen molar-refractivity contribution in [3.05, 3.63) is 29.6 Å². The largest absolute Gasteiger partial charge is 0.342 e. The maximum absolute atomic E-state index is 13.6. The van der Waals surface area contributed by atoms with Crippen LogP contribution in [0, 0.1) is 18.7 Å². The Morgan fingerprint density at radius 1 is 1.32 bits per heavy atom. The average Bonchev–Trinajstić information content (AvgIpc) is 3.20. The van der Waals surface area contributed by atoms with Crippen LogP contribution in [0.15, 0.2) is 18.2 Å². The summed E-state index contributed by atoms with van der Waals surface area (Å²) in [5.41, 5.74) is 0.894. The third-order valence-corrected chi connectivity index (χ3v) is 3.77. The zero-order valence-corrected chi connectivity index (χ0v) is 10.6. The number of benzene rings is 1. The van der Waals surface area contributed by atoms with Gasteiger partial charge < -0.3 is 10.2 Å². The van der Waals surface area contributed by atoms with Crippen LogP contribution in [-0.4, -0.2) is 24.4 Å². The van der Waals surface area contributed by atoms with Gasteiger partial charge in [-0.3, -0.25) is 9.59 Å². The fourth-order valence-electron chi connectivity index (χ4n) is 2.51. The third kappa shape index (κ3) is 2.09. The number of piperazine rings is 1. The van der Waals surface area contributed by atoms with Gasteiger partial charge in [0.1, 0.15) is 18.4 Å². The quantitative estimate of drug-likeness (QED) is 0.875. The number of carbonyl (C=O) groups excluding carboxylic acids is 2. The van der Waals surface area contributed by atoms with Crippen molar-refractivity contribution in [2.75, 3.05) is 11.4 Å². The van der Waals surface area contributed by atoms with E-state index in [-0.39, 0.29) is 30.1 Å². The molecular formula is C14H15FN2O2. The second-order valence-corrected chi connectivity index (χ2v) is 5.19. The Labute approximate surface area is 110 Å². The highest BCUT2D eigenvalue weighted by Gasteiger charge is 2.43. The van der Waals surface area contributed by atoms with Crippen molar-refractivity contribution in [3.63, 3.8) is 0 Å². The van der Waals surface area contributed by atoms with Crippen LogP contribution in [0.25, 0.3) is 0 Å². The first-order valence-corrected chi connectivity index (χ1v) is 6.44. The molecule has 19 heavy (non-hydrogen) atoms. The average molecular weight is 262 g/mol. The lowest BCUT2D eigenvalue weighted by Crippen LogP contribution is -2.59. The van der Waals surface area contributed by atoms with Crippen LogP contribution in [0.5, 0.6) is 0 Å². The maximum atomic E-state index is 13.6. The van der Waals surface area contributed by atoms with Gasteiger partial charge in [-0.15, -0.1) is 0 Å². The van der Waals surface area contributed by atoms with E-state index >= 15 is 0 Å². The Kier molecular flexibility index (Phi) is 2.77. The molecule has 1 heterocycles. The second-order valence-electron chi connectivity index (χ2n) is 5.19. The number of nitrogens with zero attached hydrogens (tertiary/aromatic N) is 1. The van der Waals surface area contributed by atoms with Crippen LogP contribution in [0.1, 0.15) is 18.4 Å². The van der Waals surface area contributed by atoms with Gasteiger partial charge in [-0.2, -0.15) is 0 Å². The summed E-state index contributed by atoms with van der Waals surface area (Å²) in [6, 6.07) is 4.15. The van der Waals surface area contributed by atoms with Gasteiger partial charge in [-0.25, -0.2) is 4.39 Å². The second kappa shape index (κ2) is 4.33. The van der Waals surface area contributed by atoms with Crippen LogP contribution in [0.4, 0.5) is 10.1 Å². The van der Waals surface area contributed by atoms with E-state index in [4.69, 9.17) is 0 Å². The van der Waals surface area contributed by atoms with Gasteiger partial charge in [-0.05, 0) is 37.8 Å². The summed E-state index contributed by atoms with van der Waals surface area (Å²) in [7, 11) is 0. The highest BCUT2D eigenvalue weighted by molar-refractivity contribution is 6.07. The number of nitrogens with one attached hydrogen (secondary N) is 1. The number of hydrogen-bond donors (Lipinski definition) is 1. The number of anilines is 1. The SMILES string of the molecule is Cc1c(F)cccc1N1CC(=O)NC(C2CC2)C1=O. The molecule has 4 nitrogen and oxygen atoms in total. The summed E-state index contributed by atoms with van der Waals surface area (Å²) in [6.07, 6.45) is 1.93. The lowest BCUT2D eigenvalue weighted by Gasteiger charge is -2.33. The van der Waals surface area contributed by atoms with Crippen molar-refractivity contribution in [2.24, 2.45) is 5.92 Å². The molecule has 100 valence electrons. The van der Waals surface area contributed by atoms with E-state index in [0.29, 0.717) is 11.3 Å². The van der Waals surface area contributed by atoms with Gasteiger partial charge in [-0.1, -0.05) is 6.07 Å². The van der Waals surface area contributed by atoms with E-state index in [2.05, 4.69) is 5.32 Å². The van der Waals surface area contributed by atoms with Crippen molar-refractivity contribution in [1.82, 2.24) is 5.32 Å². The Hall–Kier alpha value is -1.91. The van der Waals surface area contributed by atoms with Crippen molar-refractivity contribution in [1.29, 1.82) is 0 Å². The Morgan fingerprint density at radius 3 is 2.74 bits per heavy atom. The van der Waals surface area contributed by atoms with Crippen LogP contribution >= 0.6 is 0 Å². The first kappa shape index (κ1) is 12.1. The predicted molar refractivity (Wildman–Crippen MR) is 68.1 cm³/mol. The number of halogens is 1. The van der Waals surface area contributed by atoms with Crippen molar-refractivity contribution in [2.45, 2.75) is 25.8 Å². The monoisotopic (exact) mass is 262 g/mol. The van der Waals surface area contributed by atoms with Crippen molar-refractivity contribution in [3.8, 4) is 0 Å². The lowest BCUT2D eigenvalue weighted by molar-refractivity contribution is -0.131. The van der Waals surface area contributed by atoms with Crippen LogP contribution in [0.3, 0.4) is 0 Å². The van der Waals surface area contributed by atoms with Gasteiger partial charge in [0.15, 0.2) is 0 Å². The molecule has 1 aliphatic heterocycles. The molecule has 0 aromatic heterocycles. The van der Waals surface area contributed by atoms with E-state index in [1.165, 1.54) is 11.0 Å². The van der Waals surface area contributed by atoms with Crippen molar-refractivity contribution >= 4 is 17.5 Å². The number of amides is 2. The number of rotatable bonds is 2. The standard InChI is InChI=1S/C14H15FN2O2/c1-8-10(15)3-2-4-11(8)17-7-12(18)16-13(14(17)19)9-5-6-9/h2-4,9,13H,5-7H2,1H3,(H,16,18). The summed E-state index contributed by atoms with van der Waals surface area (Å²) in [5, 5.41) is 2.74. The molecule has 1 aromatic carbocycles. The molecule has 2 aliphatic rings. The molecule has 1 aromatic rings. The molecule has 1 atom stereocenters. The lowest BCUT2D eigenvalue weighted by atomic mass is 10.1. The summed E-state index contributed by atoms with van der Waals surface area (Å²) >= 11 is 0.